The number of carbonyl (C=O) groups is 1. The van der Waals surface area contributed by atoms with Crippen molar-refractivity contribution < 1.29 is 9.32 Å². The molecule has 1 aromatic carbocycles. The number of Topliss-reactive ketones (excluding diaryl/α,β-unsaturated/α-hetero) is 1. The van der Waals surface area contributed by atoms with Gasteiger partial charge in [0.25, 0.3) is 0 Å². The molecular weight excluding hydrogens is 274 g/mol. The molecule has 0 bridgehead atoms. The molecule has 1 aromatic heterocycles. The van der Waals surface area contributed by atoms with Gasteiger partial charge in [-0.25, -0.2) is 0 Å². The van der Waals surface area contributed by atoms with Gasteiger partial charge in [-0.15, -0.1) is 11.6 Å². The number of aromatic nitrogens is 1. The van der Waals surface area contributed by atoms with Crippen molar-refractivity contribution >= 4 is 23.5 Å². The molecule has 1 aliphatic rings. The Morgan fingerprint density at radius 3 is 2.75 bits per heavy atom. The topological polar surface area (TPSA) is 43.1 Å². The van der Waals surface area contributed by atoms with Crippen molar-refractivity contribution in [3.05, 3.63) is 47.2 Å². The predicted octanol–water partition coefficient (Wildman–Crippen LogP) is 4.00. The van der Waals surface area contributed by atoms with Crippen LogP contribution in [-0.4, -0.2) is 16.3 Å². The number of allylic oxidation sites excluding steroid dienone is 1. The molecule has 1 saturated carbocycles. The van der Waals surface area contributed by atoms with Crippen LogP contribution in [0.4, 0.5) is 0 Å². The van der Waals surface area contributed by atoms with E-state index in [-0.39, 0.29) is 11.2 Å². The molecule has 0 spiro atoms. The summed E-state index contributed by atoms with van der Waals surface area (Å²) in [6, 6.07) is 9.87. The monoisotopic (exact) mass is 287 g/mol. The van der Waals surface area contributed by atoms with Gasteiger partial charge in [0.15, 0.2) is 11.5 Å². The van der Waals surface area contributed by atoms with Gasteiger partial charge in [0.2, 0.25) is 0 Å². The molecule has 3 nitrogen and oxygen atoms in total. The minimum Gasteiger partial charge on any atom is -0.356 e. The van der Waals surface area contributed by atoms with Crippen LogP contribution >= 0.6 is 11.6 Å². The van der Waals surface area contributed by atoms with Crippen molar-refractivity contribution in [3.8, 4) is 11.3 Å². The molecule has 0 aliphatic heterocycles. The number of nitrogens with zero attached hydrogens (tertiary/aromatic N) is 1. The molecule has 1 heterocycles. The summed E-state index contributed by atoms with van der Waals surface area (Å²) in [5, 5.41) is 3.82. The van der Waals surface area contributed by atoms with E-state index < -0.39 is 0 Å². The number of alkyl halides is 1. The Kier molecular flexibility index (Phi) is 3.45. The Balaban J connectivity index is 1.89. The van der Waals surface area contributed by atoms with E-state index in [1.165, 1.54) is 5.56 Å². The lowest BCUT2D eigenvalue weighted by atomic mass is 10.1. The van der Waals surface area contributed by atoms with Gasteiger partial charge in [-0.1, -0.05) is 35.0 Å². The van der Waals surface area contributed by atoms with Crippen LogP contribution in [0.5, 0.6) is 0 Å². The molecule has 3 rings (SSSR count). The maximum absolute atomic E-state index is 11.7. The van der Waals surface area contributed by atoms with Crippen LogP contribution in [0.25, 0.3) is 17.3 Å². The summed E-state index contributed by atoms with van der Waals surface area (Å²) in [7, 11) is 0. The van der Waals surface area contributed by atoms with Gasteiger partial charge in [0.1, 0.15) is 5.69 Å². The minimum atomic E-state index is -0.213. The summed E-state index contributed by atoms with van der Waals surface area (Å²) in [6.45, 7) is 2.04. The van der Waals surface area contributed by atoms with E-state index in [0.29, 0.717) is 24.2 Å². The van der Waals surface area contributed by atoms with Crippen LogP contribution in [0, 0.1) is 6.92 Å². The van der Waals surface area contributed by atoms with Gasteiger partial charge in [0, 0.05) is 23.6 Å². The van der Waals surface area contributed by atoms with Crippen LogP contribution in [-0.2, 0) is 4.79 Å². The molecule has 1 fully saturated rings. The Labute approximate surface area is 122 Å². The second-order valence-corrected chi connectivity index (χ2v) is 5.54. The lowest BCUT2D eigenvalue weighted by Gasteiger charge is -1.98. The number of carbonyl (C=O) groups excluding carboxylic acids is 1. The first-order valence-electron chi connectivity index (χ1n) is 6.56. The Hall–Kier alpha value is -1.87. The second-order valence-electron chi connectivity index (χ2n) is 5.01. The standard InChI is InChI=1S/C16H14ClNO2/c1-10-2-4-11(5-3-10)15-9-12(20-18-15)8-13-14(17)6-7-16(13)19/h2-5,8-9,14H,6-7H2,1H3/b13-8-. The smallest absolute Gasteiger partial charge is 0.160 e. The lowest BCUT2D eigenvalue weighted by Crippen LogP contribution is -1.98. The highest BCUT2D eigenvalue weighted by Crippen LogP contribution is 2.29. The quantitative estimate of drug-likeness (QED) is 0.619. The molecule has 2 aromatic rings. The fourth-order valence-electron chi connectivity index (χ4n) is 2.27. The SMILES string of the molecule is Cc1ccc(-c2cc(/C=C3\C(=O)CCC3Cl)on2)cc1. The van der Waals surface area contributed by atoms with E-state index in [4.69, 9.17) is 16.1 Å². The first-order chi connectivity index (χ1) is 9.63. The number of hydrogen-bond donors (Lipinski definition) is 0. The summed E-state index contributed by atoms with van der Waals surface area (Å²) >= 11 is 6.11. The number of ketones is 1. The van der Waals surface area contributed by atoms with Gasteiger partial charge >= 0.3 is 0 Å². The first-order valence-corrected chi connectivity index (χ1v) is 7.00. The van der Waals surface area contributed by atoms with Crippen molar-refractivity contribution in [2.75, 3.05) is 0 Å². The average Bonchev–Trinajstić information content (AvgIpc) is 3.02. The highest BCUT2D eigenvalue weighted by Gasteiger charge is 2.27. The fraction of sp³-hybridized carbons (Fsp3) is 0.250. The summed E-state index contributed by atoms with van der Waals surface area (Å²) in [6.07, 6.45) is 2.92. The summed E-state index contributed by atoms with van der Waals surface area (Å²) in [5.41, 5.74) is 3.57. The van der Waals surface area contributed by atoms with E-state index in [1.54, 1.807) is 6.08 Å². The van der Waals surface area contributed by atoms with Crippen molar-refractivity contribution in [1.82, 2.24) is 5.16 Å². The maximum atomic E-state index is 11.7. The van der Waals surface area contributed by atoms with Gasteiger partial charge in [-0.3, -0.25) is 4.79 Å². The molecule has 0 amide bonds. The molecule has 20 heavy (non-hydrogen) atoms. The van der Waals surface area contributed by atoms with Crippen molar-refractivity contribution in [3.63, 3.8) is 0 Å². The summed E-state index contributed by atoms with van der Waals surface area (Å²) < 4.78 is 5.27. The molecule has 1 aliphatic carbocycles. The van der Waals surface area contributed by atoms with E-state index in [9.17, 15) is 4.79 Å². The third-order valence-electron chi connectivity index (χ3n) is 3.46. The minimum absolute atomic E-state index is 0.0956. The molecule has 0 saturated heterocycles. The zero-order valence-electron chi connectivity index (χ0n) is 11.1. The van der Waals surface area contributed by atoms with Crippen molar-refractivity contribution in [1.29, 1.82) is 0 Å². The second kappa shape index (κ2) is 5.25. The van der Waals surface area contributed by atoms with Gasteiger partial charge in [-0.2, -0.15) is 0 Å². The highest BCUT2D eigenvalue weighted by atomic mass is 35.5. The Morgan fingerprint density at radius 2 is 2.10 bits per heavy atom. The predicted molar refractivity (Wildman–Crippen MR) is 78.5 cm³/mol. The van der Waals surface area contributed by atoms with Gasteiger partial charge in [0.05, 0.1) is 5.38 Å². The van der Waals surface area contributed by atoms with Crippen molar-refractivity contribution in [2.45, 2.75) is 25.1 Å². The van der Waals surface area contributed by atoms with Crippen LogP contribution < -0.4 is 0 Å². The third-order valence-corrected chi connectivity index (χ3v) is 3.91. The van der Waals surface area contributed by atoms with Crippen LogP contribution in [0.3, 0.4) is 0 Å². The van der Waals surface area contributed by atoms with Crippen LogP contribution in [0.2, 0.25) is 0 Å². The highest BCUT2D eigenvalue weighted by molar-refractivity contribution is 6.28. The zero-order chi connectivity index (χ0) is 14.1. The number of aryl methyl sites for hydroxylation is 1. The van der Waals surface area contributed by atoms with Crippen molar-refractivity contribution in [2.24, 2.45) is 0 Å². The van der Waals surface area contributed by atoms with E-state index >= 15 is 0 Å². The average molecular weight is 288 g/mol. The van der Waals surface area contributed by atoms with Gasteiger partial charge < -0.3 is 4.52 Å². The molecule has 1 unspecified atom stereocenters. The largest absolute Gasteiger partial charge is 0.356 e. The number of benzene rings is 1. The van der Waals surface area contributed by atoms with Gasteiger partial charge in [-0.05, 0) is 19.4 Å². The summed E-state index contributed by atoms with van der Waals surface area (Å²) in [5.74, 6) is 0.662. The van der Waals surface area contributed by atoms with E-state index in [1.807, 2.05) is 37.3 Å². The number of hydrogen-bond acceptors (Lipinski definition) is 3. The third kappa shape index (κ3) is 2.54. The number of halogens is 1. The fourth-order valence-corrected chi connectivity index (χ4v) is 2.57. The molecule has 0 radical (unpaired) electrons. The van der Waals surface area contributed by atoms with Crippen LogP contribution in [0.1, 0.15) is 24.2 Å². The Bertz CT molecular complexity index is 670. The summed E-state index contributed by atoms with van der Waals surface area (Å²) in [4.78, 5) is 11.7. The zero-order valence-corrected chi connectivity index (χ0v) is 11.9. The number of rotatable bonds is 2. The molecule has 0 N–H and O–H groups in total. The molecule has 102 valence electrons. The first kappa shape index (κ1) is 13.1. The normalized spacial score (nSPS) is 20.8. The molecule has 4 heteroatoms. The van der Waals surface area contributed by atoms with E-state index in [2.05, 4.69) is 5.16 Å². The Morgan fingerprint density at radius 1 is 1.35 bits per heavy atom. The molecular formula is C16H14ClNO2. The van der Waals surface area contributed by atoms with E-state index in [0.717, 1.165) is 11.3 Å². The lowest BCUT2D eigenvalue weighted by molar-refractivity contribution is -0.114. The van der Waals surface area contributed by atoms with Crippen LogP contribution in [0.15, 0.2) is 40.4 Å². The molecule has 1 atom stereocenters. The maximum Gasteiger partial charge on any atom is 0.160 e.